The summed E-state index contributed by atoms with van der Waals surface area (Å²) in [6, 6.07) is 8.58. The maximum atomic E-state index is 9.13. The minimum atomic E-state index is 0.235. The van der Waals surface area contributed by atoms with Crippen molar-refractivity contribution in [2.45, 2.75) is 31.7 Å². The summed E-state index contributed by atoms with van der Waals surface area (Å²) in [6.07, 6.45) is 6.43. The van der Waals surface area contributed by atoms with Crippen molar-refractivity contribution in [1.29, 1.82) is 0 Å². The van der Waals surface area contributed by atoms with Crippen LogP contribution in [0, 0.1) is 0 Å². The molecule has 2 aromatic rings. The highest BCUT2D eigenvalue weighted by Crippen LogP contribution is 2.34. The number of nitrogens with two attached hydrogens (primary N) is 1. The molecule has 0 unspecified atom stereocenters. The van der Waals surface area contributed by atoms with Crippen LogP contribution in [-0.2, 0) is 0 Å². The minimum absolute atomic E-state index is 0.235. The number of fused-ring (bicyclic) bond motifs is 1. The zero-order valence-corrected chi connectivity index (χ0v) is 11.6. The molecule has 20 heavy (non-hydrogen) atoms. The molecule has 3 rings (SSSR count). The van der Waals surface area contributed by atoms with Gasteiger partial charge in [-0.3, -0.25) is 4.98 Å². The molecule has 0 radical (unpaired) electrons. The predicted octanol–water partition coefficient (Wildman–Crippen LogP) is 2.56. The van der Waals surface area contributed by atoms with E-state index < -0.39 is 0 Å². The van der Waals surface area contributed by atoms with Gasteiger partial charge in [-0.25, -0.2) is 0 Å². The summed E-state index contributed by atoms with van der Waals surface area (Å²) in [6.45, 7) is 1.13. The fourth-order valence-electron chi connectivity index (χ4n) is 2.84. The molecule has 1 aromatic carbocycles. The van der Waals surface area contributed by atoms with Crippen molar-refractivity contribution in [3.8, 4) is 0 Å². The average molecular weight is 271 g/mol. The van der Waals surface area contributed by atoms with Gasteiger partial charge in [-0.15, -0.1) is 0 Å². The fraction of sp³-hybridized carbons (Fsp3) is 0.438. The Morgan fingerprint density at radius 2 is 2.15 bits per heavy atom. The van der Waals surface area contributed by atoms with E-state index >= 15 is 0 Å². The molecular formula is C16H21N3O. The molecule has 1 aliphatic carbocycles. The van der Waals surface area contributed by atoms with Crippen LogP contribution in [0.1, 0.15) is 25.7 Å². The molecule has 3 N–H and O–H groups in total. The molecule has 0 aliphatic heterocycles. The SMILES string of the molecule is Nc1ccc2c(N(CCCO)C3CCC3)ccnc2c1. The molecule has 1 saturated carbocycles. The topological polar surface area (TPSA) is 62.4 Å². The van der Waals surface area contributed by atoms with Crippen LogP contribution >= 0.6 is 0 Å². The number of nitrogen functional groups attached to an aromatic ring is 1. The van der Waals surface area contributed by atoms with Gasteiger partial charge in [0, 0.05) is 42.2 Å². The number of aliphatic hydroxyl groups is 1. The monoisotopic (exact) mass is 271 g/mol. The third kappa shape index (κ3) is 2.43. The number of nitrogens with zero attached hydrogens (tertiary/aromatic N) is 2. The van der Waals surface area contributed by atoms with E-state index in [0.29, 0.717) is 6.04 Å². The number of pyridine rings is 1. The first-order chi connectivity index (χ1) is 9.79. The smallest absolute Gasteiger partial charge is 0.0743 e. The number of anilines is 2. The zero-order valence-electron chi connectivity index (χ0n) is 11.6. The van der Waals surface area contributed by atoms with Gasteiger partial charge >= 0.3 is 0 Å². The molecule has 0 bridgehead atoms. The second kappa shape index (κ2) is 5.67. The van der Waals surface area contributed by atoms with Crippen molar-refractivity contribution in [2.75, 3.05) is 23.8 Å². The second-order valence-corrected chi connectivity index (χ2v) is 5.46. The van der Waals surface area contributed by atoms with E-state index in [2.05, 4.69) is 22.0 Å². The van der Waals surface area contributed by atoms with Gasteiger partial charge in [0.15, 0.2) is 0 Å². The van der Waals surface area contributed by atoms with Crippen LogP contribution in [0.3, 0.4) is 0 Å². The van der Waals surface area contributed by atoms with Gasteiger partial charge in [0.1, 0.15) is 0 Å². The van der Waals surface area contributed by atoms with Crippen molar-refractivity contribution in [3.05, 3.63) is 30.5 Å². The van der Waals surface area contributed by atoms with Crippen molar-refractivity contribution >= 4 is 22.3 Å². The summed E-state index contributed by atoms with van der Waals surface area (Å²) in [7, 11) is 0. The molecule has 1 aliphatic rings. The largest absolute Gasteiger partial charge is 0.399 e. The third-order valence-corrected chi connectivity index (χ3v) is 4.13. The maximum absolute atomic E-state index is 9.13. The van der Waals surface area contributed by atoms with Crippen molar-refractivity contribution in [3.63, 3.8) is 0 Å². The Morgan fingerprint density at radius 3 is 2.85 bits per heavy atom. The van der Waals surface area contributed by atoms with E-state index in [0.717, 1.165) is 29.6 Å². The first kappa shape index (κ1) is 13.2. The molecule has 0 atom stereocenters. The lowest BCUT2D eigenvalue weighted by Gasteiger charge is -2.39. The highest BCUT2D eigenvalue weighted by molar-refractivity contribution is 5.93. The van der Waals surface area contributed by atoms with Gasteiger partial charge < -0.3 is 15.7 Å². The number of hydrogen-bond donors (Lipinski definition) is 2. The summed E-state index contributed by atoms with van der Waals surface area (Å²) < 4.78 is 0. The van der Waals surface area contributed by atoms with Crippen LogP contribution < -0.4 is 10.6 Å². The molecule has 0 spiro atoms. The highest BCUT2D eigenvalue weighted by atomic mass is 16.3. The Morgan fingerprint density at radius 1 is 1.30 bits per heavy atom. The van der Waals surface area contributed by atoms with E-state index in [1.165, 1.54) is 24.9 Å². The molecule has 106 valence electrons. The molecule has 4 heteroatoms. The number of rotatable bonds is 5. The van der Waals surface area contributed by atoms with Crippen molar-refractivity contribution in [1.82, 2.24) is 4.98 Å². The molecular weight excluding hydrogens is 250 g/mol. The van der Waals surface area contributed by atoms with Crippen LogP contribution in [-0.4, -0.2) is 29.3 Å². The number of aromatic nitrogens is 1. The number of aliphatic hydroxyl groups excluding tert-OH is 1. The van der Waals surface area contributed by atoms with Crippen LogP contribution in [0.2, 0.25) is 0 Å². The molecule has 4 nitrogen and oxygen atoms in total. The Hall–Kier alpha value is -1.81. The minimum Gasteiger partial charge on any atom is -0.399 e. The predicted molar refractivity (Wildman–Crippen MR) is 82.8 cm³/mol. The van der Waals surface area contributed by atoms with Gasteiger partial charge in [0.25, 0.3) is 0 Å². The second-order valence-electron chi connectivity index (χ2n) is 5.46. The Bertz CT molecular complexity index is 595. The van der Waals surface area contributed by atoms with Crippen molar-refractivity contribution in [2.24, 2.45) is 0 Å². The van der Waals surface area contributed by atoms with E-state index in [4.69, 9.17) is 10.8 Å². The lowest BCUT2D eigenvalue weighted by atomic mass is 9.90. The fourth-order valence-corrected chi connectivity index (χ4v) is 2.84. The normalized spacial score (nSPS) is 15.2. The van der Waals surface area contributed by atoms with Crippen LogP contribution in [0.25, 0.3) is 10.9 Å². The Kier molecular flexibility index (Phi) is 3.74. The van der Waals surface area contributed by atoms with E-state index in [1.807, 2.05) is 18.3 Å². The lowest BCUT2D eigenvalue weighted by molar-refractivity contribution is 0.283. The molecule has 1 heterocycles. The van der Waals surface area contributed by atoms with E-state index in [1.54, 1.807) is 0 Å². The van der Waals surface area contributed by atoms with Crippen LogP contribution in [0.15, 0.2) is 30.5 Å². The summed E-state index contributed by atoms with van der Waals surface area (Å²) >= 11 is 0. The summed E-state index contributed by atoms with van der Waals surface area (Å²) in [4.78, 5) is 6.84. The standard InChI is InChI=1S/C16H21N3O/c17-12-5-6-14-15(11-12)18-8-7-16(14)19(9-2-10-20)13-3-1-4-13/h5-8,11,13,20H,1-4,9-10,17H2. The zero-order chi connectivity index (χ0) is 13.9. The van der Waals surface area contributed by atoms with E-state index in [9.17, 15) is 0 Å². The first-order valence-electron chi connectivity index (χ1n) is 7.31. The quantitative estimate of drug-likeness (QED) is 0.820. The Labute approximate surface area is 119 Å². The molecule has 1 fully saturated rings. The number of hydrogen-bond acceptors (Lipinski definition) is 4. The van der Waals surface area contributed by atoms with Crippen LogP contribution in [0.5, 0.6) is 0 Å². The van der Waals surface area contributed by atoms with Gasteiger partial charge in [-0.2, -0.15) is 0 Å². The van der Waals surface area contributed by atoms with Crippen molar-refractivity contribution < 1.29 is 5.11 Å². The van der Waals surface area contributed by atoms with E-state index in [-0.39, 0.29) is 6.61 Å². The van der Waals surface area contributed by atoms with Gasteiger partial charge in [0.05, 0.1) is 5.52 Å². The third-order valence-electron chi connectivity index (χ3n) is 4.13. The average Bonchev–Trinajstić information content (AvgIpc) is 2.40. The number of benzene rings is 1. The molecule has 0 saturated heterocycles. The molecule has 1 aromatic heterocycles. The van der Waals surface area contributed by atoms with Gasteiger partial charge in [-0.05, 0) is 49.9 Å². The Balaban J connectivity index is 2.00. The highest BCUT2D eigenvalue weighted by Gasteiger charge is 2.25. The maximum Gasteiger partial charge on any atom is 0.0743 e. The molecule has 0 amide bonds. The summed E-state index contributed by atoms with van der Waals surface area (Å²) in [5, 5.41) is 10.3. The van der Waals surface area contributed by atoms with Gasteiger partial charge in [-0.1, -0.05) is 0 Å². The van der Waals surface area contributed by atoms with Gasteiger partial charge in [0.2, 0.25) is 0 Å². The first-order valence-corrected chi connectivity index (χ1v) is 7.31. The van der Waals surface area contributed by atoms with Crippen LogP contribution in [0.4, 0.5) is 11.4 Å². The summed E-state index contributed by atoms with van der Waals surface area (Å²) in [5.74, 6) is 0. The lowest BCUT2D eigenvalue weighted by Crippen LogP contribution is -2.41. The summed E-state index contributed by atoms with van der Waals surface area (Å²) in [5.41, 5.74) is 8.74.